The average Bonchev–Trinajstić information content (AvgIpc) is 3.01. The van der Waals surface area contributed by atoms with Gasteiger partial charge in [0.2, 0.25) is 10.0 Å². The maximum atomic E-state index is 13.0. The maximum Gasteiger partial charge on any atom is 0.291 e. The van der Waals surface area contributed by atoms with Gasteiger partial charge in [-0.1, -0.05) is 6.42 Å². The number of rotatable bonds is 4. The minimum absolute atomic E-state index is 0.0134. The topological polar surface area (TPSA) is 79.6 Å². The number of hydrogen-bond donors (Lipinski definition) is 1. The van der Waals surface area contributed by atoms with Crippen LogP contribution >= 0.6 is 15.9 Å². The van der Waals surface area contributed by atoms with Gasteiger partial charge in [-0.05, 0) is 79.0 Å². The van der Waals surface area contributed by atoms with Crippen molar-refractivity contribution < 1.29 is 17.6 Å². The van der Waals surface area contributed by atoms with Crippen LogP contribution in [0.2, 0.25) is 0 Å². The molecule has 140 valence electrons. The minimum Gasteiger partial charge on any atom is -0.444 e. The highest BCUT2D eigenvalue weighted by Crippen LogP contribution is 2.30. The number of carbonyl (C=O) groups excluding carboxylic acids is 1. The Kier molecular flexibility index (Phi) is 5.55. The van der Waals surface area contributed by atoms with Gasteiger partial charge in [-0.3, -0.25) is 4.79 Å². The normalized spacial score (nSPS) is 21.5. The number of anilines is 1. The van der Waals surface area contributed by atoms with Gasteiger partial charge >= 0.3 is 0 Å². The lowest BCUT2D eigenvalue weighted by molar-refractivity contribution is 0.0995. The first-order valence-corrected chi connectivity index (χ1v) is 10.7. The first-order valence-electron chi connectivity index (χ1n) is 8.49. The standard InChI is InChI=1S/C18H21BrN2O4S/c1-12-4-3-5-13(2)21(12)26(23,24)15-8-6-14(7-9-15)20-18(22)16-10-11-17(19)25-16/h6-13H,3-5H2,1-2H3,(H,20,22)/t12-,13-/m1/s1. The summed E-state index contributed by atoms with van der Waals surface area (Å²) in [6, 6.07) is 9.38. The first kappa shape index (κ1) is 19.1. The number of piperidine rings is 1. The number of hydrogen-bond acceptors (Lipinski definition) is 4. The second-order valence-electron chi connectivity index (χ2n) is 6.55. The Morgan fingerprint density at radius 1 is 1.12 bits per heavy atom. The third-order valence-electron chi connectivity index (χ3n) is 4.60. The van der Waals surface area contributed by atoms with E-state index in [1.54, 1.807) is 28.6 Å². The van der Waals surface area contributed by atoms with Crippen molar-refractivity contribution in [3.05, 3.63) is 46.8 Å². The molecule has 1 fully saturated rings. The molecule has 0 aliphatic carbocycles. The van der Waals surface area contributed by atoms with E-state index in [1.807, 2.05) is 13.8 Å². The van der Waals surface area contributed by atoms with Gasteiger partial charge in [0.05, 0.1) is 4.90 Å². The summed E-state index contributed by atoms with van der Waals surface area (Å²) in [5, 5.41) is 2.69. The predicted molar refractivity (Wildman–Crippen MR) is 103 cm³/mol. The second kappa shape index (κ2) is 7.54. The molecule has 26 heavy (non-hydrogen) atoms. The van der Waals surface area contributed by atoms with Gasteiger partial charge in [0.15, 0.2) is 10.4 Å². The number of furan rings is 1. The Morgan fingerprint density at radius 3 is 2.27 bits per heavy atom. The average molecular weight is 441 g/mol. The van der Waals surface area contributed by atoms with E-state index in [2.05, 4.69) is 21.2 Å². The molecule has 2 aromatic rings. The van der Waals surface area contributed by atoms with Gasteiger partial charge in [-0.15, -0.1) is 0 Å². The number of nitrogens with one attached hydrogen (secondary N) is 1. The van der Waals surface area contributed by atoms with Gasteiger partial charge in [0, 0.05) is 17.8 Å². The molecule has 0 unspecified atom stereocenters. The molecule has 0 radical (unpaired) electrons. The molecule has 2 atom stereocenters. The molecule has 3 rings (SSSR count). The molecule has 1 aromatic heterocycles. The van der Waals surface area contributed by atoms with Gasteiger partial charge in [0.1, 0.15) is 0 Å². The number of amides is 1. The summed E-state index contributed by atoms with van der Waals surface area (Å²) in [7, 11) is -3.56. The maximum absolute atomic E-state index is 13.0. The highest BCUT2D eigenvalue weighted by atomic mass is 79.9. The fourth-order valence-electron chi connectivity index (χ4n) is 3.33. The molecular weight excluding hydrogens is 420 g/mol. The SMILES string of the molecule is C[C@@H]1CCC[C@@H](C)N1S(=O)(=O)c1ccc(NC(=O)c2ccc(Br)o2)cc1. The molecule has 1 saturated heterocycles. The van der Waals surface area contributed by atoms with Crippen molar-refractivity contribution in [3.8, 4) is 0 Å². The van der Waals surface area contributed by atoms with Crippen LogP contribution in [0.3, 0.4) is 0 Å². The Balaban J connectivity index is 1.77. The van der Waals surface area contributed by atoms with Crippen LogP contribution in [0, 0.1) is 0 Å². The zero-order valence-corrected chi connectivity index (χ0v) is 17.0. The van der Waals surface area contributed by atoms with Crippen molar-refractivity contribution in [1.82, 2.24) is 4.31 Å². The van der Waals surface area contributed by atoms with Crippen molar-refractivity contribution >= 4 is 37.5 Å². The zero-order valence-electron chi connectivity index (χ0n) is 14.6. The van der Waals surface area contributed by atoms with Crippen LogP contribution < -0.4 is 5.32 Å². The first-order chi connectivity index (χ1) is 12.3. The molecule has 6 nitrogen and oxygen atoms in total. The lowest BCUT2D eigenvalue weighted by Gasteiger charge is -2.37. The molecule has 0 spiro atoms. The molecule has 1 amide bonds. The highest BCUT2D eigenvalue weighted by Gasteiger charge is 2.35. The smallest absolute Gasteiger partial charge is 0.291 e. The van der Waals surface area contributed by atoms with Crippen LogP contribution in [0.25, 0.3) is 0 Å². The molecular formula is C18H21BrN2O4S. The number of sulfonamides is 1. The van der Waals surface area contributed by atoms with Crippen LogP contribution in [0.15, 0.2) is 50.4 Å². The zero-order chi connectivity index (χ0) is 18.9. The molecule has 2 heterocycles. The van der Waals surface area contributed by atoms with E-state index in [0.29, 0.717) is 10.4 Å². The van der Waals surface area contributed by atoms with Crippen molar-refractivity contribution in [2.45, 2.75) is 50.1 Å². The molecule has 1 aliphatic heterocycles. The minimum atomic E-state index is -3.56. The number of nitrogens with zero attached hydrogens (tertiary/aromatic N) is 1. The van der Waals surface area contributed by atoms with Gasteiger partial charge in [0.25, 0.3) is 5.91 Å². The van der Waals surface area contributed by atoms with Crippen LogP contribution in [-0.4, -0.2) is 30.7 Å². The van der Waals surface area contributed by atoms with Crippen molar-refractivity contribution in [1.29, 1.82) is 0 Å². The Hall–Kier alpha value is -1.64. The third-order valence-corrected chi connectivity index (χ3v) is 7.17. The van der Waals surface area contributed by atoms with Gasteiger partial charge in [-0.2, -0.15) is 4.31 Å². The Bertz CT molecular complexity index is 882. The Labute approximate surface area is 161 Å². The van der Waals surface area contributed by atoms with E-state index in [0.717, 1.165) is 19.3 Å². The van der Waals surface area contributed by atoms with Crippen LogP contribution in [0.4, 0.5) is 5.69 Å². The molecule has 1 aliphatic rings. The van der Waals surface area contributed by atoms with Crippen LogP contribution in [0.5, 0.6) is 0 Å². The van der Waals surface area contributed by atoms with E-state index in [9.17, 15) is 13.2 Å². The monoisotopic (exact) mass is 440 g/mol. The summed E-state index contributed by atoms with van der Waals surface area (Å²) in [6.45, 7) is 3.90. The van der Waals surface area contributed by atoms with Crippen LogP contribution in [-0.2, 0) is 10.0 Å². The molecule has 8 heteroatoms. The predicted octanol–water partition coefficient (Wildman–Crippen LogP) is 4.25. The summed E-state index contributed by atoms with van der Waals surface area (Å²) in [5.74, 6) is -0.228. The quantitative estimate of drug-likeness (QED) is 0.770. The third kappa shape index (κ3) is 3.87. The fraction of sp³-hybridized carbons (Fsp3) is 0.389. The summed E-state index contributed by atoms with van der Waals surface area (Å²) in [6.07, 6.45) is 2.79. The van der Waals surface area contributed by atoms with Crippen molar-refractivity contribution in [2.75, 3.05) is 5.32 Å². The largest absolute Gasteiger partial charge is 0.444 e. The van der Waals surface area contributed by atoms with Gasteiger partial charge in [-0.25, -0.2) is 8.42 Å². The second-order valence-corrected chi connectivity index (χ2v) is 9.17. The number of halogens is 1. The summed E-state index contributed by atoms with van der Waals surface area (Å²) in [4.78, 5) is 12.3. The van der Waals surface area contributed by atoms with E-state index in [4.69, 9.17) is 4.42 Å². The molecule has 1 aromatic carbocycles. The molecule has 0 bridgehead atoms. The number of carbonyl (C=O) groups is 1. The van der Waals surface area contributed by atoms with E-state index < -0.39 is 15.9 Å². The van der Waals surface area contributed by atoms with E-state index in [-0.39, 0.29) is 22.7 Å². The molecule has 1 N–H and O–H groups in total. The van der Waals surface area contributed by atoms with Crippen molar-refractivity contribution in [2.24, 2.45) is 0 Å². The summed E-state index contributed by atoms with van der Waals surface area (Å²) >= 11 is 3.15. The Morgan fingerprint density at radius 2 is 1.73 bits per heavy atom. The molecule has 0 saturated carbocycles. The van der Waals surface area contributed by atoms with Gasteiger partial charge < -0.3 is 9.73 Å². The van der Waals surface area contributed by atoms with Crippen LogP contribution in [0.1, 0.15) is 43.7 Å². The number of benzene rings is 1. The summed E-state index contributed by atoms with van der Waals surface area (Å²) in [5.41, 5.74) is 0.501. The van der Waals surface area contributed by atoms with E-state index in [1.165, 1.54) is 12.1 Å². The lowest BCUT2D eigenvalue weighted by Crippen LogP contribution is -2.47. The fourth-order valence-corrected chi connectivity index (χ4v) is 5.52. The lowest BCUT2D eigenvalue weighted by atomic mass is 10.0. The highest BCUT2D eigenvalue weighted by molar-refractivity contribution is 9.10. The summed E-state index contributed by atoms with van der Waals surface area (Å²) < 4.78 is 33.2. The van der Waals surface area contributed by atoms with E-state index >= 15 is 0 Å². The van der Waals surface area contributed by atoms with Crippen molar-refractivity contribution in [3.63, 3.8) is 0 Å².